The molecule has 2 N–H and O–H groups in total. The molecular formula is C62H70F3N7O11S2. The highest BCUT2D eigenvalue weighted by atomic mass is 32.1. The first-order valence-electron chi connectivity index (χ1n) is 27.6. The van der Waals surface area contributed by atoms with Gasteiger partial charge in [0.2, 0.25) is 17.7 Å². The van der Waals surface area contributed by atoms with Gasteiger partial charge in [-0.15, -0.1) is 11.3 Å². The van der Waals surface area contributed by atoms with E-state index in [0.717, 1.165) is 49.9 Å². The lowest BCUT2D eigenvalue weighted by Crippen LogP contribution is -2.58. The van der Waals surface area contributed by atoms with E-state index in [-0.39, 0.29) is 56.6 Å². The van der Waals surface area contributed by atoms with Gasteiger partial charge in [-0.3, -0.25) is 28.9 Å². The molecule has 2 aliphatic heterocycles. The molecule has 0 bridgehead atoms. The van der Waals surface area contributed by atoms with Crippen molar-refractivity contribution >= 4 is 75.6 Å². The molecule has 4 amide bonds. The summed E-state index contributed by atoms with van der Waals surface area (Å²) in [6.45, 7) is 15.5. The molecule has 2 fully saturated rings. The van der Waals surface area contributed by atoms with Gasteiger partial charge in [0.05, 0.1) is 65.1 Å². The molecule has 0 saturated carbocycles. The minimum Gasteiger partial charge on any atom is -0.494 e. The third-order valence-electron chi connectivity index (χ3n) is 13.9. The number of aryl methyl sites for hydroxylation is 1. The maximum absolute atomic E-state index is 14.6. The van der Waals surface area contributed by atoms with E-state index in [1.807, 2.05) is 67.6 Å². The smallest absolute Gasteiger partial charge is 0.417 e. The normalized spacial score (nSPS) is 16.4. The topological polar surface area (TPSA) is 219 Å². The average Bonchev–Trinajstić information content (AvgIpc) is 1.78. The SMILES string of the molecule is Cc1ncsc1-c1ccc(CNC(=O)[C@@H]2C[C@@H](OC(=O)COCCC(=O)OC(C)(C)C)CN2C(=O)[C@@H](NC(=O)COCCCCOc2ccc(-c3ccc(N4C(=S)N(c5ccc(C#N)c(C(F)(F)F)c5)C(=O)C4(C)C)cc3)cc2)C(C)(C)C)cc1. The maximum Gasteiger partial charge on any atom is 0.417 e. The number of amides is 4. The van der Waals surface area contributed by atoms with Crippen molar-refractivity contribution in [3.05, 3.63) is 119 Å². The van der Waals surface area contributed by atoms with Crippen molar-refractivity contribution in [3.8, 4) is 33.4 Å². The first kappa shape index (κ1) is 64.8. The second kappa shape index (κ2) is 27.5. The Kier molecular flexibility index (Phi) is 21.0. The Labute approximate surface area is 501 Å². The number of aromatic nitrogens is 1. The molecule has 2 aliphatic rings. The Morgan fingerprint density at radius 2 is 1.46 bits per heavy atom. The Morgan fingerprint density at radius 1 is 0.835 bits per heavy atom. The molecule has 4 aromatic carbocycles. The molecule has 1 aromatic heterocycles. The van der Waals surface area contributed by atoms with E-state index < -0.39 is 94.2 Å². The van der Waals surface area contributed by atoms with Crippen LogP contribution in [0, 0.1) is 23.7 Å². The predicted octanol–water partition coefficient (Wildman–Crippen LogP) is 9.88. The summed E-state index contributed by atoms with van der Waals surface area (Å²) in [6.07, 6.45) is -4.64. The van der Waals surface area contributed by atoms with Gasteiger partial charge in [-0.05, 0) is 137 Å². The lowest BCUT2D eigenvalue weighted by atomic mass is 9.85. The minimum atomic E-state index is -4.82. The molecule has 3 heterocycles. The Hall–Kier alpha value is -7.78. The number of carbonyl (C=O) groups is 6. The number of alkyl halides is 3. The van der Waals surface area contributed by atoms with Gasteiger partial charge in [0.25, 0.3) is 5.91 Å². The van der Waals surface area contributed by atoms with Crippen LogP contribution in [0.1, 0.15) is 103 Å². The number of hydrogen-bond donors (Lipinski definition) is 2. The van der Waals surface area contributed by atoms with E-state index in [4.69, 9.17) is 35.9 Å². The third-order valence-corrected chi connectivity index (χ3v) is 15.3. The van der Waals surface area contributed by atoms with Crippen molar-refractivity contribution in [2.45, 2.75) is 130 Å². The number of ether oxygens (including phenoxy) is 5. The van der Waals surface area contributed by atoms with Crippen LogP contribution in [-0.2, 0) is 60.4 Å². The zero-order valence-corrected chi connectivity index (χ0v) is 50.6. The molecule has 85 heavy (non-hydrogen) atoms. The number of nitrogens with zero attached hydrogens (tertiary/aromatic N) is 5. The monoisotopic (exact) mass is 1210 g/mol. The maximum atomic E-state index is 14.6. The van der Waals surface area contributed by atoms with E-state index in [2.05, 4.69) is 15.6 Å². The van der Waals surface area contributed by atoms with E-state index in [1.54, 1.807) is 84.0 Å². The number of rotatable bonds is 23. The number of nitriles is 1. The minimum absolute atomic E-state index is 0.00957. The molecule has 18 nitrogen and oxygen atoms in total. The first-order chi connectivity index (χ1) is 40.0. The van der Waals surface area contributed by atoms with Crippen LogP contribution in [0.5, 0.6) is 5.75 Å². The van der Waals surface area contributed by atoms with Gasteiger partial charge in [0.1, 0.15) is 48.3 Å². The van der Waals surface area contributed by atoms with Gasteiger partial charge in [0.15, 0.2) is 5.11 Å². The molecule has 452 valence electrons. The van der Waals surface area contributed by atoms with Gasteiger partial charge in [-0.1, -0.05) is 69.3 Å². The van der Waals surface area contributed by atoms with Crippen molar-refractivity contribution in [2.24, 2.45) is 5.41 Å². The number of thiocarbonyl (C=S) groups is 1. The van der Waals surface area contributed by atoms with Crippen LogP contribution in [0.3, 0.4) is 0 Å². The number of anilines is 2. The van der Waals surface area contributed by atoms with Crippen molar-refractivity contribution in [1.29, 1.82) is 5.26 Å². The van der Waals surface area contributed by atoms with Crippen molar-refractivity contribution in [2.75, 3.05) is 49.4 Å². The fourth-order valence-corrected chi connectivity index (χ4v) is 11.0. The predicted molar refractivity (Wildman–Crippen MR) is 317 cm³/mol. The molecule has 0 unspecified atom stereocenters. The summed E-state index contributed by atoms with van der Waals surface area (Å²) < 4.78 is 69.5. The molecule has 0 spiro atoms. The molecule has 0 radical (unpaired) electrons. The van der Waals surface area contributed by atoms with Crippen LogP contribution < -0.4 is 25.2 Å². The summed E-state index contributed by atoms with van der Waals surface area (Å²) in [5.74, 6) is -2.69. The number of likely N-dealkylation sites (tertiary alicyclic amines) is 1. The molecule has 23 heteroatoms. The van der Waals surface area contributed by atoms with Crippen LogP contribution >= 0.6 is 23.6 Å². The number of thiazole rings is 1. The first-order valence-corrected chi connectivity index (χ1v) is 28.9. The van der Waals surface area contributed by atoms with Crippen LogP contribution in [0.25, 0.3) is 21.6 Å². The number of nitrogens with one attached hydrogen (secondary N) is 2. The quantitative estimate of drug-likeness (QED) is 0.0353. The number of halogens is 3. The van der Waals surface area contributed by atoms with Crippen LogP contribution in [0.15, 0.2) is 96.5 Å². The van der Waals surface area contributed by atoms with Gasteiger partial charge in [0, 0.05) is 25.3 Å². The number of hydrogen-bond acceptors (Lipinski definition) is 15. The molecule has 5 aromatic rings. The molecule has 2 saturated heterocycles. The van der Waals surface area contributed by atoms with Crippen LogP contribution in [-0.4, -0.2) is 119 Å². The zero-order valence-electron chi connectivity index (χ0n) is 48.9. The standard InChI is InChI=1S/C62H70F3N7O11S2/c1-38-53(85-37-68-38)42-14-12-39(13-15-42)33-67-55(76)49-31-47(82-52(75)36-80-29-26-51(74)83-60(5,6)7)34-70(49)56(77)54(59(2,3)4)69-50(73)35-79-27-10-11-28-81-46-24-19-41(20-25-46)40-16-21-44(22-17-40)72-58(84)71(57(78)61(72,8)9)45-23-18-43(32-66)48(30-45)62(63,64)65/h12-25,30,37,47,49,54H,10-11,26-29,31,33-36H2,1-9H3,(H,67,76)(H,69,73)/t47-,49+,54-/m1/s1. The van der Waals surface area contributed by atoms with E-state index in [9.17, 15) is 47.2 Å². The van der Waals surface area contributed by atoms with E-state index in [0.29, 0.717) is 30.9 Å². The third kappa shape index (κ3) is 16.8. The van der Waals surface area contributed by atoms with Gasteiger partial charge < -0.3 is 44.1 Å². The average molecular weight is 1210 g/mol. The Balaban J connectivity index is 0.880. The molecule has 3 atom stereocenters. The lowest BCUT2D eigenvalue weighted by molar-refractivity contribution is -0.160. The summed E-state index contributed by atoms with van der Waals surface area (Å²) in [5, 5.41) is 15.0. The summed E-state index contributed by atoms with van der Waals surface area (Å²) in [4.78, 5) is 90.1. The Bertz CT molecular complexity index is 3280. The Morgan fingerprint density at radius 3 is 2.07 bits per heavy atom. The van der Waals surface area contributed by atoms with Crippen LogP contribution in [0.4, 0.5) is 24.5 Å². The second-order valence-electron chi connectivity index (χ2n) is 23.1. The molecular weight excluding hydrogens is 1140 g/mol. The van der Waals surface area contributed by atoms with Crippen molar-refractivity contribution in [1.82, 2.24) is 20.5 Å². The number of carbonyl (C=O) groups excluding carboxylic acids is 6. The van der Waals surface area contributed by atoms with Gasteiger partial charge >= 0.3 is 18.1 Å². The fourth-order valence-electron chi connectivity index (χ4n) is 9.64. The number of benzene rings is 4. The highest BCUT2D eigenvalue weighted by Gasteiger charge is 2.51. The van der Waals surface area contributed by atoms with E-state index >= 15 is 0 Å². The number of esters is 2. The van der Waals surface area contributed by atoms with Crippen LogP contribution in [0.2, 0.25) is 0 Å². The zero-order chi connectivity index (χ0) is 62.0. The molecule has 0 aliphatic carbocycles. The van der Waals surface area contributed by atoms with Gasteiger partial charge in [-0.25, -0.2) is 9.78 Å². The summed E-state index contributed by atoms with van der Waals surface area (Å²) >= 11 is 7.22. The highest BCUT2D eigenvalue weighted by Crippen LogP contribution is 2.40. The molecule has 7 rings (SSSR count). The second-order valence-corrected chi connectivity index (χ2v) is 24.3. The summed E-state index contributed by atoms with van der Waals surface area (Å²) in [6, 6.07) is 24.8. The number of unbranched alkanes of at least 4 members (excludes halogenated alkanes) is 1. The summed E-state index contributed by atoms with van der Waals surface area (Å²) in [5.41, 5.74) is 2.19. The lowest BCUT2D eigenvalue weighted by Gasteiger charge is -2.35. The fraction of sp³-hybridized carbons (Fsp3) is 0.435. The summed E-state index contributed by atoms with van der Waals surface area (Å²) in [7, 11) is 0. The van der Waals surface area contributed by atoms with Crippen molar-refractivity contribution in [3.63, 3.8) is 0 Å². The highest BCUT2D eigenvalue weighted by molar-refractivity contribution is 7.81. The van der Waals surface area contributed by atoms with Crippen molar-refractivity contribution < 1.29 is 65.6 Å². The van der Waals surface area contributed by atoms with E-state index in [1.165, 1.54) is 22.3 Å². The van der Waals surface area contributed by atoms with Gasteiger partial charge in [-0.2, -0.15) is 18.4 Å². The largest absolute Gasteiger partial charge is 0.494 e.